The first-order valence-corrected chi connectivity index (χ1v) is 1.82. The van der Waals surface area contributed by atoms with Crippen LogP contribution in [0.5, 0.6) is 0 Å². The second-order valence-electron chi connectivity index (χ2n) is 0.808. The Morgan fingerprint density at radius 1 is 1.75 bits per heavy atom. The Labute approximate surface area is 46.3 Å². The van der Waals surface area contributed by atoms with Crippen molar-refractivity contribution < 1.29 is 0 Å². The summed E-state index contributed by atoms with van der Waals surface area (Å²) < 4.78 is 0. The Hall–Kier alpha value is -1.48. The summed E-state index contributed by atoms with van der Waals surface area (Å²) in [5.74, 6) is 0. The predicted octanol–water partition coefficient (Wildman–Crippen LogP) is 0.973. The highest BCUT2D eigenvalue weighted by atomic mass is 15.3. The van der Waals surface area contributed by atoms with Gasteiger partial charge >= 0.3 is 0 Å². The summed E-state index contributed by atoms with van der Waals surface area (Å²) in [5.41, 5.74) is 10.1. The van der Waals surface area contributed by atoms with Crippen molar-refractivity contribution in [2.45, 2.75) is 0 Å². The van der Waals surface area contributed by atoms with Gasteiger partial charge in [-0.15, -0.1) is 0 Å². The molecule has 0 fully saturated rings. The van der Waals surface area contributed by atoms with E-state index in [1.54, 1.807) is 0 Å². The molecular weight excluding hydrogens is 106 g/mol. The molecule has 0 aliphatic carbocycles. The van der Waals surface area contributed by atoms with Gasteiger partial charge in [0.25, 0.3) is 0 Å². The number of azide groups is 1. The molecule has 5 nitrogen and oxygen atoms in total. The van der Waals surface area contributed by atoms with E-state index in [2.05, 4.69) is 27.3 Å². The molecule has 0 radical (unpaired) electrons. The Morgan fingerprint density at radius 2 is 2.50 bits per heavy atom. The Balaban J connectivity index is 3.33. The fraction of sp³-hybridized carbons (Fsp3) is 0. The zero-order valence-corrected chi connectivity index (χ0v) is 4.15. The lowest BCUT2D eigenvalue weighted by Crippen LogP contribution is -1.87. The summed E-state index contributed by atoms with van der Waals surface area (Å²) >= 11 is 0. The first-order chi connectivity index (χ1) is 3.91. The van der Waals surface area contributed by atoms with E-state index in [-0.39, 0.29) is 0 Å². The summed E-state index contributed by atoms with van der Waals surface area (Å²) in [7, 11) is 0. The summed E-state index contributed by atoms with van der Waals surface area (Å²) in [6, 6.07) is 0. The number of rotatable bonds is 3. The molecule has 1 N–H and O–H groups in total. The maximum Gasteiger partial charge on any atom is 0.0222 e. The van der Waals surface area contributed by atoms with Gasteiger partial charge < -0.3 is 0 Å². The topological polar surface area (TPSA) is 73.2 Å². The van der Waals surface area contributed by atoms with Gasteiger partial charge in [-0.25, -0.2) is 0 Å². The smallest absolute Gasteiger partial charge is 0.0222 e. The average molecular weight is 111 g/mol. The van der Waals surface area contributed by atoms with Gasteiger partial charge in [0, 0.05) is 24.0 Å². The third kappa shape index (κ3) is 4.52. The molecule has 0 aromatic carbocycles. The highest BCUT2D eigenvalue weighted by molar-refractivity contribution is 5.22. The Kier molecular flexibility index (Phi) is 4.50. The highest BCUT2D eigenvalue weighted by Gasteiger charge is 1.57. The summed E-state index contributed by atoms with van der Waals surface area (Å²) in [5, 5.41) is 6.30. The zero-order valence-electron chi connectivity index (χ0n) is 4.15. The maximum atomic E-state index is 7.70. The minimum absolute atomic E-state index is 1.23. The first kappa shape index (κ1) is 6.52. The van der Waals surface area contributed by atoms with Gasteiger partial charge in [-0.2, -0.15) is 5.10 Å². The molecule has 0 bridgehead atoms. The molecule has 0 heterocycles. The van der Waals surface area contributed by atoms with E-state index in [9.17, 15) is 0 Å². The molecule has 0 rings (SSSR count). The van der Waals surface area contributed by atoms with Crippen LogP contribution in [0.3, 0.4) is 0 Å². The van der Waals surface area contributed by atoms with Crippen LogP contribution in [0.25, 0.3) is 10.4 Å². The van der Waals surface area contributed by atoms with E-state index in [1.165, 1.54) is 12.4 Å². The van der Waals surface area contributed by atoms with Crippen molar-refractivity contribution >= 4 is 6.72 Å². The third-order valence-electron chi connectivity index (χ3n) is 0.359. The molecule has 5 heteroatoms. The van der Waals surface area contributed by atoms with Gasteiger partial charge in [0.1, 0.15) is 0 Å². The normalized spacial score (nSPS) is 8.00. The minimum atomic E-state index is 1.23. The van der Waals surface area contributed by atoms with Gasteiger partial charge in [-0.1, -0.05) is 5.11 Å². The molecule has 8 heavy (non-hydrogen) atoms. The number of hydrogen-bond acceptors (Lipinski definition) is 3. The van der Waals surface area contributed by atoms with Gasteiger partial charge in [-0.3, -0.25) is 5.43 Å². The molecule has 0 aliphatic rings. The number of nitrogens with one attached hydrogen (secondary N) is 1. The van der Waals surface area contributed by atoms with Crippen LogP contribution in [0.2, 0.25) is 0 Å². The number of hydrogen-bond donors (Lipinski definition) is 1. The van der Waals surface area contributed by atoms with Crippen LogP contribution in [-0.2, 0) is 0 Å². The molecule has 0 aliphatic heterocycles. The lowest BCUT2D eigenvalue weighted by Gasteiger charge is -1.79. The van der Waals surface area contributed by atoms with E-state index < -0.39 is 0 Å². The third-order valence-corrected chi connectivity index (χ3v) is 0.359. The van der Waals surface area contributed by atoms with Crippen LogP contribution < -0.4 is 5.43 Å². The number of hydrazone groups is 1. The van der Waals surface area contributed by atoms with Crippen LogP contribution in [0.1, 0.15) is 0 Å². The fourth-order valence-electron chi connectivity index (χ4n) is 0.149. The van der Waals surface area contributed by atoms with Crippen molar-refractivity contribution in [3.8, 4) is 0 Å². The molecule has 42 valence electrons. The van der Waals surface area contributed by atoms with Crippen LogP contribution in [0, 0.1) is 0 Å². The van der Waals surface area contributed by atoms with Crippen molar-refractivity contribution in [3.63, 3.8) is 0 Å². The van der Waals surface area contributed by atoms with E-state index >= 15 is 0 Å². The molecule has 0 aromatic heterocycles. The van der Waals surface area contributed by atoms with Gasteiger partial charge in [0.15, 0.2) is 0 Å². The van der Waals surface area contributed by atoms with E-state index in [0.29, 0.717) is 0 Å². The predicted molar refractivity (Wildman–Crippen MR) is 31.0 cm³/mol. The van der Waals surface area contributed by atoms with E-state index in [1.807, 2.05) is 0 Å². The standard InChI is InChI=1S/C3H5N5/c1-5-6-2-3-7-8-4/h2-3,6H,1H2/b3-2-. The fourth-order valence-corrected chi connectivity index (χ4v) is 0.149. The SMILES string of the molecule is C=NN/C=C\N=[N+]=[N-]. The summed E-state index contributed by atoms with van der Waals surface area (Å²) in [6.45, 7) is 3.11. The second kappa shape index (κ2) is 5.52. The largest absolute Gasteiger partial charge is 0.287 e. The van der Waals surface area contributed by atoms with Crippen molar-refractivity contribution in [1.29, 1.82) is 0 Å². The van der Waals surface area contributed by atoms with Crippen LogP contribution in [0.4, 0.5) is 0 Å². The van der Waals surface area contributed by atoms with Crippen molar-refractivity contribution in [2.24, 2.45) is 10.2 Å². The van der Waals surface area contributed by atoms with Crippen molar-refractivity contribution in [2.75, 3.05) is 0 Å². The number of nitrogens with zero attached hydrogens (tertiary/aromatic N) is 4. The highest BCUT2D eigenvalue weighted by Crippen LogP contribution is 1.69. The molecule has 0 amide bonds. The molecule has 0 saturated heterocycles. The summed E-state index contributed by atoms with van der Waals surface area (Å²) in [4.78, 5) is 2.44. The average Bonchev–Trinajstić information content (AvgIpc) is 1.81. The zero-order chi connectivity index (χ0) is 6.24. The Bertz CT molecular complexity index is 131. The van der Waals surface area contributed by atoms with Gasteiger partial charge in [0.2, 0.25) is 0 Å². The van der Waals surface area contributed by atoms with Crippen LogP contribution in [-0.4, -0.2) is 6.72 Å². The Morgan fingerprint density at radius 3 is 3.00 bits per heavy atom. The van der Waals surface area contributed by atoms with E-state index in [0.717, 1.165) is 0 Å². The summed E-state index contributed by atoms with van der Waals surface area (Å²) in [6.07, 6.45) is 2.60. The molecule has 0 aromatic rings. The first-order valence-electron chi connectivity index (χ1n) is 1.82. The minimum Gasteiger partial charge on any atom is -0.287 e. The molecule has 0 unspecified atom stereocenters. The molecule has 0 atom stereocenters. The lowest BCUT2D eigenvalue weighted by molar-refractivity contribution is 0.976. The van der Waals surface area contributed by atoms with Crippen molar-refractivity contribution in [3.05, 3.63) is 22.8 Å². The van der Waals surface area contributed by atoms with Crippen LogP contribution >= 0.6 is 0 Å². The lowest BCUT2D eigenvalue weighted by atomic mass is 10.9. The maximum absolute atomic E-state index is 7.70. The molecule has 0 spiro atoms. The molecule has 0 saturated carbocycles. The van der Waals surface area contributed by atoms with Gasteiger partial charge in [-0.05, 0) is 5.53 Å². The van der Waals surface area contributed by atoms with Crippen LogP contribution in [0.15, 0.2) is 22.6 Å². The van der Waals surface area contributed by atoms with Gasteiger partial charge in [0.05, 0.1) is 0 Å². The second-order valence-corrected chi connectivity index (χ2v) is 0.808. The quantitative estimate of drug-likeness (QED) is 0.190. The monoisotopic (exact) mass is 111 g/mol. The van der Waals surface area contributed by atoms with Crippen molar-refractivity contribution in [1.82, 2.24) is 5.43 Å². The molecular formula is C3H5N5. The van der Waals surface area contributed by atoms with E-state index in [4.69, 9.17) is 5.53 Å².